The van der Waals surface area contributed by atoms with Gasteiger partial charge in [-0.3, -0.25) is 9.69 Å². The Bertz CT molecular complexity index is 345. The normalized spacial score (nSPS) is 27.8. The third-order valence-corrected chi connectivity index (χ3v) is 4.55. The molecule has 0 aromatic heterocycles. The number of amides is 1. The average molecular weight is 298 g/mol. The molecule has 1 aliphatic rings. The lowest BCUT2D eigenvalue weighted by molar-refractivity contribution is -0.124. The summed E-state index contributed by atoms with van der Waals surface area (Å²) in [6.07, 6.45) is 2.71. The molecule has 21 heavy (non-hydrogen) atoms. The smallest absolute Gasteiger partial charge is 0.237 e. The van der Waals surface area contributed by atoms with Gasteiger partial charge in [-0.2, -0.15) is 0 Å². The lowest BCUT2D eigenvalue weighted by atomic mass is 9.95. The summed E-state index contributed by atoms with van der Waals surface area (Å²) < 4.78 is 0. The molecule has 5 nitrogen and oxygen atoms in total. The zero-order valence-electron chi connectivity index (χ0n) is 14.6. The minimum absolute atomic E-state index is 0.199. The van der Waals surface area contributed by atoms with Crippen molar-refractivity contribution in [1.82, 2.24) is 15.1 Å². The van der Waals surface area contributed by atoms with Gasteiger partial charge in [-0.25, -0.2) is 0 Å². The summed E-state index contributed by atoms with van der Waals surface area (Å²) in [6, 6.07) is 1.19. The van der Waals surface area contributed by atoms with Crippen molar-refractivity contribution in [2.24, 2.45) is 5.73 Å². The quantitative estimate of drug-likeness (QED) is 0.703. The molecule has 3 unspecified atom stereocenters. The fourth-order valence-corrected chi connectivity index (χ4v) is 3.84. The third kappa shape index (κ3) is 4.66. The first-order valence-electron chi connectivity index (χ1n) is 8.20. The third-order valence-electron chi connectivity index (χ3n) is 4.55. The maximum Gasteiger partial charge on any atom is 0.237 e. The summed E-state index contributed by atoms with van der Waals surface area (Å²) in [5.41, 5.74) is 5.19. The van der Waals surface area contributed by atoms with E-state index in [1.807, 2.05) is 0 Å². The molecule has 0 aromatic rings. The SMILES string of the molecule is CCN(C(C)CN(C)C)C1CCC(NC(C)C)(C(N)=O)C1. The first kappa shape index (κ1) is 18.4. The minimum atomic E-state index is -0.524. The number of carbonyl (C=O) groups is 1. The summed E-state index contributed by atoms with van der Waals surface area (Å²) in [6.45, 7) is 10.7. The van der Waals surface area contributed by atoms with Crippen molar-refractivity contribution >= 4 is 5.91 Å². The maximum atomic E-state index is 12.0. The molecule has 1 amide bonds. The van der Waals surface area contributed by atoms with Crippen LogP contribution >= 0.6 is 0 Å². The number of hydrogen-bond donors (Lipinski definition) is 2. The Balaban J connectivity index is 2.79. The molecule has 5 heteroatoms. The van der Waals surface area contributed by atoms with E-state index in [9.17, 15) is 4.79 Å². The van der Waals surface area contributed by atoms with Crippen LogP contribution in [0.15, 0.2) is 0 Å². The largest absolute Gasteiger partial charge is 0.368 e. The van der Waals surface area contributed by atoms with Gasteiger partial charge in [-0.1, -0.05) is 6.92 Å². The summed E-state index contributed by atoms with van der Waals surface area (Å²) in [5, 5.41) is 3.43. The van der Waals surface area contributed by atoms with Crippen LogP contribution in [0, 0.1) is 0 Å². The van der Waals surface area contributed by atoms with Crippen LogP contribution in [0.4, 0.5) is 0 Å². The van der Waals surface area contributed by atoms with Gasteiger partial charge in [0.25, 0.3) is 0 Å². The van der Waals surface area contributed by atoms with Gasteiger partial charge in [0.15, 0.2) is 0 Å². The number of nitrogens with zero attached hydrogens (tertiary/aromatic N) is 2. The molecule has 0 aromatic carbocycles. The van der Waals surface area contributed by atoms with E-state index in [0.717, 1.165) is 32.4 Å². The number of nitrogens with one attached hydrogen (secondary N) is 1. The highest BCUT2D eigenvalue weighted by Gasteiger charge is 2.46. The number of carbonyl (C=O) groups excluding carboxylic acids is 1. The monoisotopic (exact) mass is 298 g/mol. The van der Waals surface area contributed by atoms with Crippen LogP contribution < -0.4 is 11.1 Å². The number of hydrogen-bond acceptors (Lipinski definition) is 4. The second-order valence-electron chi connectivity index (χ2n) is 7.08. The van der Waals surface area contributed by atoms with Crippen LogP contribution in [-0.4, -0.2) is 66.6 Å². The molecular formula is C16H34N4O. The van der Waals surface area contributed by atoms with E-state index in [4.69, 9.17) is 5.73 Å². The maximum absolute atomic E-state index is 12.0. The number of nitrogens with two attached hydrogens (primary N) is 1. The molecule has 0 aliphatic heterocycles. The molecule has 0 spiro atoms. The van der Waals surface area contributed by atoms with Gasteiger partial charge in [0.1, 0.15) is 0 Å². The fourth-order valence-electron chi connectivity index (χ4n) is 3.84. The highest BCUT2D eigenvalue weighted by molar-refractivity contribution is 5.85. The van der Waals surface area contributed by atoms with Crippen LogP contribution in [0.2, 0.25) is 0 Å². The second-order valence-corrected chi connectivity index (χ2v) is 7.08. The van der Waals surface area contributed by atoms with Crippen LogP contribution in [0.5, 0.6) is 0 Å². The molecule has 1 saturated carbocycles. The zero-order chi connectivity index (χ0) is 16.2. The van der Waals surface area contributed by atoms with E-state index in [-0.39, 0.29) is 11.9 Å². The zero-order valence-corrected chi connectivity index (χ0v) is 14.6. The van der Waals surface area contributed by atoms with E-state index in [1.165, 1.54) is 0 Å². The van der Waals surface area contributed by atoms with E-state index in [1.54, 1.807) is 0 Å². The molecule has 0 bridgehead atoms. The fraction of sp³-hybridized carbons (Fsp3) is 0.938. The van der Waals surface area contributed by atoms with Crippen molar-refractivity contribution in [2.45, 2.75) is 70.6 Å². The highest BCUT2D eigenvalue weighted by atomic mass is 16.1. The summed E-state index contributed by atoms with van der Waals surface area (Å²) >= 11 is 0. The second kappa shape index (κ2) is 7.56. The Hall–Kier alpha value is -0.650. The van der Waals surface area contributed by atoms with Gasteiger partial charge in [0.2, 0.25) is 5.91 Å². The highest BCUT2D eigenvalue weighted by Crippen LogP contribution is 2.34. The van der Waals surface area contributed by atoms with E-state index >= 15 is 0 Å². The molecule has 0 saturated heterocycles. The predicted octanol–water partition coefficient (Wildman–Crippen LogP) is 1.03. The van der Waals surface area contributed by atoms with Gasteiger partial charge >= 0.3 is 0 Å². The lowest BCUT2D eigenvalue weighted by Gasteiger charge is -2.36. The van der Waals surface area contributed by atoms with Crippen molar-refractivity contribution in [2.75, 3.05) is 27.2 Å². The van der Waals surface area contributed by atoms with Crippen molar-refractivity contribution in [3.05, 3.63) is 0 Å². The topological polar surface area (TPSA) is 61.6 Å². The summed E-state index contributed by atoms with van der Waals surface area (Å²) in [4.78, 5) is 16.7. The first-order chi connectivity index (χ1) is 9.71. The van der Waals surface area contributed by atoms with Crippen LogP contribution in [0.1, 0.15) is 47.0 Å². The first-order valence-corrected chi connectivity index (χ1v) is 8.20. The molecule has 124 valence electrons. The molecule has 1 aliphatic carbocycles. The Morgan fingerprint density at radius 2 is 2.00 bits per heavy atom. The van der Waals surface area contributed by atoms with Crippen LogP contribution in [0.25, 0.3) is 0 Å². The number of primary amides is 1. The molecular weight excluding hydrogens is 264 g/mol. The van der Waals surface area contributed by atoms with E-state index in [0.29, 0.717) is 12.1 Å². The molecule has 1 rings (SSSR count). The van der Waals surface area contributed by atoms with Crippen molar-refractivity contribution in [1.29, 1.82) is 0 Å². The Kier molecular flexibility index (Phi) is 6.63. The average Bonchev–Trinajstić information content (AvgIpc) is 2.73. The van der Waals surface area contributed by atoms with Gasteiger partial charge in [0.05, 0.1) is 5.54 Å². The Morgan fingerprint density at radius 3 is 2.43 bits per heavy atom. The molecule has 1 fully saturated rings. The Labute approximate surface area is 130 Å². The van der Waals surface area contributed by atoms with Crippen LogP contribution in [0.3, 0.4) is 0 Å². The summed E-state index contributed by atoms with van der Waals surface area (Å²) in [7, 11) is 4.21. The van der Waals surface area contributed by atoms with Crippen molar-refractivity contribution in [3.63, 3.8) is 0 Å². The Morgan fingerprint density at radius 1 is 1.38 bits per heavy atom. The molecule has 3 N–H and O–H groups in total. The van der Waals surface area contributed by atoms with Gasteiger partial charge in [-0.15, -0.1) is 0 Å². The summed E-state index contributed by atoms with van der Waals surface area (Å²) in [5.74, 6) is -0.199. The lowest BCUT2D eigenvalue weighted by Crippen LogP contribution is -2.57. The van der Waals surface area contributed by atoms with Gasteiger partial charge in [-0.05, 0) is 60.7 Å². The van der Waals surface area contributed by atoms with Crippen molar-refractivity contribution < 1.29 is 4.79 Å². The molecule has 3 atom stereocenters. The minimum Gasteiger partial charge on any atom is -0.368 e. The molecule has 0 heterocycles. The van der Waals surface area contributed by atoms with Gasteiger partial charge < -0.3 is 16.0 Å². The standard InChI is InChI=1S/C16H34N4O/c1-7-20(13(4)11-19(5)6)14-8-9-16(10-14,15(17)21)18-12(2)3/h12-14,18H,7-11H2,1-6H3,(H2,17,21). The van der Waals surface area contributed by atoms with Crippen molar-refractivity contribution in [3.8, 4) is 0 Å². The van der Waals surface area contributed by atoms with E-state index < -0.39 is 5.54 Å². The van der Waals surface area contributed by atoms with E-state index in [2.05, 4.69) is 56.9 Å². The number of rotatable bonds is 8. The van der Waals surface area contributed by atoms with Crippen LogP contribution in [-0.2, 0) is 4.79 Å². The number of likely N-dealkylation sites (N-methyl/N-ethyl adjacent to an activating group) is 2. The predicted molar refractivity (Wildman–Crippen MR) is 88.2 cm³/mol. The van der Waals surface area contributed by atoms with Gasteiger partial charge in [0, 0.05) is 24.7 Å². The molecule has 0 radical (unpaired) electrons.